The van der Waals surface area contributed by atoms with Crippen LogP contribution in [0.1, 0.15) is 30.9 Å². The van der Waals surface area contributed by atoms with Crippen molar-refractivity contribution >= 4 is 46.4 Å². The second-order valence-electron chi connectivity index (χ2n) is 6.32. The Balaban J connectivity index is 1.68. The van der Waals surface area contributed by atoms with Crippen molar-refractivity contribution in [3.05, 3.63) is 68.7 Å². The van der Waals surface area contributed by atoms with Crippen molar-refractivity contribution in [3.63, 3.8) is 0 Å². The highest BCUT2D eigenvalue weighted by Gasteiger charge is 2.27. The summed E-state index contributed by atoms with van der Waals surface area (Å²) in [7, 11) is 0. The van der Waals surface area contributed by atoms with Gasteiger partial charge in [-0.25, -0.2) is 0 Å². The predicted octanol–water partition coefficient (Wildman–Crippen LogP) is 5.58. The summed E-state index contributed by atoms with van der Waals surface area (Å²) in [6.45, 7) is 2.72. The first-order valence-corrected chi connectivity index (χ1v) is 9.80. The molecule has 0 aromatic heterocycles. The molecular formula is C20H19Cl3N2O2. The van der Waals surface area contributed by atoms with Gasteiger partial charge in [0.15, 0.2) is 6.10 Å². The molecule has 0 saturated carbocycles. The van der Waals surface area contributed by atoms with Crippen LogP contribution in [0.15, 0.2) is 47.6 Å². The second kappa shape index (κ2) is 8.96. The summed E-state index contributed by atoms with van der Waals surface area (Å²) >= 11 is 18.3. The average molecular weight is 426 g/mol. The minimum Gasteiger partial charge on any atom is -0.390 e. The molecule has 1 heterocycles. The minimum absolute atomic E-state index is 0.0431. The van der Waals surface area contributed by atoms with Gasteiger partial charge in [-0.05, 0) is 23.8 Å². The predicted molar refractivity (Wildman–Crippen MR) is 110 cm³/mol. The van der Waals surface area contributed by atoms with Crippen LogP contribution in [-0.2, 0) is 16.2 Å². The van der Waals surface area contributed by atoms with Gasteiger partial charge in [-0.3, -0.25) is 4.79 Å². The maximum atomic E-state index is 12.4. The Kier molecular flexibility index (Phi) is 6.64. The molecule has 2 aromatic carbocycles. The Morgan fingerprint density at radius 2 is 1.93 bits per heavy atom. The normalized spacial score (nSPS) is 16.0. The Morgan fingerprint density at radius 3 is 2.63 bits per heavy atom. The number of nitrogens with zero attached hydrogens (tertiary/aromatic N) is 2. The van der Waals surface area contributed by atoms with Crippen molar-refractivity contribution in [1.82, 2.24) is 4.90 Å². The molecule has 4 nitrogen and oxygen atoms in total. The Labute approximate surface area is 173 Å². The van der Waals surface area contributed by atoms with Gasteiger partial charge in [0.2, 0.25) is 5.91 Å². The lowest BCUT2D eigenvalue weighted by Crippen LogP contribution is -2.37. The van der Waals surface area contributed by atoms with Gasteiger partial charge in [-0.2, -0.15) is 0 Å². The highest BCUT2D eigenvalue weighted by Crippen LogP contribution is 2.26. The molecule has 0 bridgehead atoms. The van der Waals surface area contributed by atoms with Gasteiger partial charge in [-0.15, -0.1) is 0 Å². The maximum Gasteiger partial charge on any atom is 0.222 e. The summed E-state index contributed by atoms with van der Waals surface area (Å²) in [6, 6.07) is 12.9. The zero-order valence-electron chi connectivity index (χ0n) is 14.8. The van der Waals surface area contributed by atoms with Crippen molar-refractivity contribution in [2.24, 2.45) is 5.16 Å². The topological polar surface area (TPSA) is 41.9 Å². The SMILES string of the molecule is CCC(=O)N(Cc1ccccc1Cl)C[C@H]1CC(c2ccc(Cl)c(Cl)c2)=NO1. The molecule has 0 aliphatic carbocycles. The summed E-state index contributed by atoms with van der Waals surface area (Å²) < 4.78 is 0. The van der Waals surface area contributed by atoms with Crippen LogP contribution in [0.5, 0.6) is 0 Å². The van der Waals surface area contributed by atoms with Crippen molar-refractivity contribution in [1.29, 1.82) is 0 Å². The van der Waals surface area contributed by atoms with Crippen LogP contribution < -0.4 is 0 Å². The molecule has 3 rings (SSSR count). The smallest absolute Gasteiger partial charge is 0.222 e. The summed E-state index contributed by atoms with van der Waals surface area (Å²) in [5.41, 5.74) is 2.57. The van der Waals surface area contributed by atoms with E-state index in [9.17, 15) is 4.79 Å². The number of amides is 1. The van der Waals surface area contributed by atoms with Crippen LogP contribution in [0.2, 0.25) is 15.1 Å². The molecule has 2 aromatic rings. The van der Waals surface area contributed by atoms with Gasteiger partial charge in [0.05, 0.1) is 22.3 Å². The van der Waals surface area contributed by atoms with Gasteiger partial charge in [0.1, 0.15) is 0 Å². The van der Waals surface area contributed by atoms with Gasteiger partial charge in [0, 0.05) is 30.0 Å². The lowest BCUT2D eigenvalue weighted by Gasteiger charge is -2.25. The van der Waals surface area contributed by atoms with E-state index in [1.807, 2.05) is 37.3 Å². The Hall–Kier alpha value is -1.75. The summed E-state index contributed by atoms with van der Waals surface area (Å²) in [5.74, 6) is 0.0431. The lowest BCUT2D eigenvalue weighted by molar-refractivity contribution is -0.133. The van der Waals surface area contributed by atoms with Crippen molar-refractivity contribution in [2.75, 3.05) is 6.54 Å². The summed E-state index contributed by atoms with van der Waals surface area (Å²) in [4.78, 5) is 19.7. The van der Waals surface area contributed by atoms with E-state index >= 15 is 0 Å². The van der Waals surface area contributed by atoms with E-state index in [2.05, 4.69) is 5.16 Å². The van der Waals surface area contributed by atoms with Crippen molar-refractivity contribution in [2.45, 2.75) is 32.4 Å². The molecule has 1 aliphatic rings. The van der Waals surface area contributed by atoms with Crippen LogP contribution in [-0.4, -0.2) is 29.2 Å². The highest BCUT2D eigenvalue weighted by molar-refractivity contribution is 6.42. The van der Waals surface area contributed by atoms with Crippen LogP contribution >= 0.6 is 34.8 Å². The van der Waals surface area contributed by atoms with Crippen molar-refractivity contribution in [3.8, 4) is 0 Å². The number of halogens is 3. The van der Waals surface area contributed by atoms with E-state index in [1.54, 1.807) is 17.0 Å². The third kappa shape index (κ3) is 4.95. The molecular weight excluding hydrogens is 407 g/mol. The highest BCUT2D eigenvalue weighted by atomic mass is 35.5. The van der Waals surface area contributed by atoms with E-state index in [1.165, 1.54) is 0 Å². The maximum absolute atomic E-state index is 12.4. The molecule has 1 atom stereocenters. The van der Waals surface area contributed by atoms with Gasteiger partial charge in [0.25, 0.3) is 0 Å². The van der Waals surface area contributed by atoms with E-state index in [-0.39, 0.29) is 12.0 Å². The van der Waals surface area contributed by atoms with E-state index in [4.69, 9.17) is 39.6 Å². The molecule has 27 heavy (non-hydrogen) atoms. The van der Waals surface area contributed by atoms with Crippen LogP contribution in [0.25, 0.3) is 0 Å². The molecule has 0 spiro atoms. The molecule has 142 valence electrons. The molecule has 1 amide bonds. The monoisotopic (exact) mass is 424 g/mol. The molecule has 1 aliphatic heterocycles. The molecule has 7 heteroatoms. The van der Waals surface area contributed by atoms with Crippen molar-refractivity contribution < 1.29 is 9.63 Å². The van der Waals surface area contributed by atoms with Gasteiger partial charge in [-0.1, -0.05) is 71.1 Å². The number of benzene rings is 2. The third-order valence-corrected chi connectivity index (χ3v) is 5.49. The van der Waals surface area contributed by atoms with Gasteiger partial charge >= 0.3 is 0 Å². The quantitative estimate of drug-likeness (QED) is 0.606. The van der Waals surface area contributed by atoms with Gasteiger partial charge < -0.3 is 9.74 Å². The molecule has 0 radical (unpaired) electrons. The first-order valence-electron chi connectivity index (χ1n) is 8.67. The Bertz CT molecular complexity index is 870. The molecule has 0 fully saturated rings. The first-order chi connectivity index (χ1) is 13.0. The average Bonchev–Trinajstić information content (AvgIpc) is 3.13. The fourth-order valence-corrected chi connectivity index (χ4v) is 3.42. The fourth-order valence-electron chi connectivity index (χ4n) is 2.93. The number of rotatable bonds is 6. The first kappa shape index (κ1) is 20.0. The van der Waals surface area contributed by atoms with E-state index in [0.717, 1.165) is 16.8 Å². The van der Waals surface area contributed by atoms with E-state index < -0.39 is 0 Å². The largest absolute Gasteiger partial charge is 0.390 e. The number of carbonyl (C=O) groups excluding carboxylic acids is 1. The standard InChI is InChI=1S/C20H19Cl3N2O2/c1-2-20(26)25(11-14-5-3-4-6-16(14)21)12-15-10-19(24-27-15)13-7-8-17(22)18(23)9-13/h3-9,15H,2,10-12H2,1H3/t15-/m1/s1. The zero-order valence-corrected chi connectivity index (χ0v) is 17.1. The second-order valence-corrected chi connectivity index (χ2v) is 7.54. The number of oxime groups is 1. The molecule has 0 unspecified atom stereocenters. The molecule has 0 saturated heterocycles. The van der Waals surface area contributed by atoms with Crippen LogP contribution in [0.4, 0.5) is 0 Å². The Morgan fingerprint density at radius 1 is 1.15 bits per heavy atom. The molecule has 0 N–H and O–H groups in total. The minimum atomic E-state index is -0.215. The fraction of sp³-hybridized carbons (Fsp3) is 0.300. The summed E-state index contributed by atoms with van der Waals surface area (Å²) in [5, 5.41) is 5.79. The lowest BCUT2D eigenvalue weighted by atomic mass is 10.0. The number of carbonyl (C=O) groups is 1. The van der Waals surface area contributed by atoms with Crippen LogP contribution in [0, 0.1) is 0 Å². The van der Waals surface area contributed by atoms with Crippen LogP contribution in [0.3, 0.4) is 0 Å². The number of hydrogen-bond acceptors (Lipinski definition) is 3. The number of hydrogen-bond donors (Lipinski definition) is 0. The third-order valence-electron chi connectivity index (χ3n) is 4.38. The van der Waals surface area contributed by atoms with E-state index in [0.29, 0.717) is 41.0 Å². The summed E-state index contributed by atoms with van der Waals surface area (Å²) in [6.07, 6.45) is 0.790. The zero-order chi connectivity index (χ0) is 19.4.